The summed E-state index contributed by atoms with van der Waals surface area (Å²) in [6.45, 7) is 0.856. The minimum absolute atomic E-state index is 0.0159. The fourth-order valence-corrected chi connectivity index (χ4v) is 4.33. The lowest BCUT2D eigenvalue weighted by atomic mass is 9.93. The molecule has 1 aromatic carbocycles. The topological polar surface area (TPSA) is 101 Å². The highest BCUT2D eigenvalue weighted by molar-refractivity contribution is 5.99. The maximum absolute atomic E-state index is 12.4. The van der Waals surface area contributed by atoms with Crippen LogP contribution in [0.25, 0.3) is 22.2 Å². The van der Waals surface area contributed by atoms with Crippen molar-refractivity contribution in [1.29, 1.82) is 0 Å². The van der Waals surface area contributed by atoms with Crippen molar-refractivity contribution in [2.24, 2.45) is 0 Å². The van der Waals surface area contributed by atoms with Gasteiger partial charge in [-0.05, 0) is 43.4 Å². The van der Waals surface area contributed by atoms with E-state index in [9.17, 15) is 18.0 Å². The number of anilines is 1. The summed E-state index contributed by atoms with van der Waals surface area (Å²) in [6.07, 6.45) is -0.139. The van der Waals surface area contributed by atoms with Crippen LogP contribution in [0.15, 0.2) is 30.6 Å². The number of halogens is 3. The molecule has 1 aliphatic heterocycles. The fourth-order valence-electron chi connectivity index (χ4n) is 4.33. The standard InChI is InChI=1S/C22H22F3N5O3/c23-22(24,25)33-14-4-2-13(3-5-14)29-21-28-11-17-16(10-27-19(17)30-21)12-1-6-15-18(9-12)32-8-7-26-20(15)31/h1,6,9-11,13-14H,2-5,7-8H2,(H,26,31)(H2,27,28,29,30)/t13-,14+. The molecule has 1 saturated carbocycles. The number of nitrogens with one attached hydrogen (secondary N) is 3. The maximum atomic E-state index is 12.4. The molecule has 11 heteroatoms. The highest BCUT2D eigenvalue weighted by atomic mass is 19.4. The second kappa shape index (κ2) is 8.54. The van der Waals surface area contributed by atoms with E-state index in [-0.39, 0.29) is 11.9 Å². The van der Waals surface area contributed by atoms with Crippen molar-refractivity contribution in [3.8, 4) is 16.9 Å². The summed E-state index contributed by atoms with van der Waals surface area (Å²) in [7, 11) is 0. The third kappa shape index (κ3) is 4.72. The van der Waals surface area contributed by atoms with Crippen molar-refractivity contribution in [2.45, 2.75) is 44.2 Å². The van der Waals surface area contributed by atoms with Gasteiger partial charge in [-0.15, -0.1) is 13.2 Å². The molecule has 0 atom stereocenters. The minimum Gasteiger partial charge on any atom is -0.491 e. The Morgan fingerprint density at radius 2 is 1.97 bits per heavy atom. The number of fused-ring (bicyclic) bond motifs is 2. The van der Waals surface area contributed by atoms with Crippen LogP contribution in [0.5, 0.6) is 5.75 Å². The Bertz CT molecular complexity index is 1170. The first-order chi connectivity index (χ1) is 15.9. The van der Waals surface area contributed by atoms with Gasteiger partial charge in [0.25, 0.3) is 5.91 Å². The second-order valence-corrected chi connectivity index (χ2v) is 8.16. The van der Waals surface area contributed by atoms with Crippen LogP contribution < -0.4 is 15.4 Å². The lowest BCUT2D eigenvalue weighted by Gasteiger charge is -2.29. The largest absolute Gasteiger partial charge is 0.522 e. The number of rotatable bonds is 4. The van der Waals surface area contributed by atoms with E-state index in [2.05, 4.69) is 30.3 Å². The molecule has 2 aliphatic rings. The van der Waals surface area contributed by atoms with Gasteiger partial charge < -0.3 is 20.4 Å². The van der Waals surface area contributed by atoms with Crippen molar-refractivity contribution < 1.29 is 27.4 Å². The molecule has 3 aromatic rings. The van der Waals surface area contributed by atoms with E-state index < -0.39 is 12.5 Å². The molecular formula is C22H22F3N5O3. The number of carbonyl (C=O) groups excluding carboxylic acids is 1. The van der Waals surface area contributed by atoms with Crippen LogP contribution in [0.2, 0.25) is 0 Å². The van der Waals surface area contributed by atoms with E-state index in [1.807, 2.05) is 18.3 Å². The molecule has 33 heavy (non-hydrogen) atoms. The number of H-pyrrole nitrogens is 1. The lowest BCUT2D eigenvalue weighted by molar-refractivity contribution is -0.345. The molecule has 0 unspecified atom stereocenters. The first kappa shape index (κ1) is 21.5. The summed E-state index contributed by atoms with van der Waals surface area (Å²) >= 11 is 0. The lowest BCUT2D eigenvalue weighted by Crippen LogP contribution is -2.33. The zero-order valence-electron chi connectivity index (χ0n) is 17.5. The Labute approximate surface area is 186 Å². The predicted octanol–water partition coefficient (Wildman–Crippen LogP) is 4.01. The molecule has 0 bridgehead atoms. The molecule has 2 aromatic heterocycles. The molecule has 8 nitrogen and oxygen atoms in total. The van der Waals surface area contributed by atoms with Gasteiger partial charge in [-0.1, -0.05) is 6.07 Å². The monoisotopic (exact) mass is 461 g/mol. The Balaban J connectivity index is 1.30. The molecule has 0 radical (unpaired) electrons. The van der Waals surface area contributed by atoms with Gasteiger partial charge in [-0.2, -0.15) is 4.98 Å². The van der Waals surface area contributed by atoms with Crippen molar-refractivity contribution in [2.75, 3.05) is 18.5 Å². The van der Waals surface area contributed by atoms with Crippen molar-refractivity contribution in [3.05, 3.63) is 36.2 Å². The van der Waals surface area contributed by atoms with Crippen LogP contribution in [0, 0.1) is 0 Å². The van der Waals surface area contributed by atoms with Gasteiger partial charge in [-0.25, -0.2) is 4.98 Å². The molecular weight excluding hydrogens is 439 g/mol. The molecule has 1 aliphatic carbocycles. The number of carbonyl (C=O) groups is 1. The average molecular weight is 461 g/mol. The number of aromatic amines is 1. The number of amides is 1. The van der Waals surface area contributed by atoms with Crippen molar-refractivity contribution in [1.82, 2.24) is 20.3 Å². The summed E-state index contributed by atoms with van der Waals surface area (Å²) in [6, 6.07) is 5.40. The van der Waals surface area contributed by atoms with Crippen molar-refractivity contribution in [3.63, 3.8) is 0 Å². The molecule has 3 heterocycles. The van der Waals surface area contributed by atoms with Crippen LogP contribution in [-0.4, -0.2) is 52.5 Å². The number of benzene rings is 1. The van der Waals surface area contributed by atoms with Gasteiger partial charge in [-0.3, -0.25) is 9.53 Å². The Morgan fingerprint density at radius 1 is 1.15 bits per heavy atom. The molecule has 1 amide bonds. The smallest absolute Gasteiger partial charge is 0.491 e. The SMILES string of the molecule is O=C1NCCOc2cc(-c3c[nH]c4nc(N[C@H]5CC[C@@H](OC(F)(F)F)CC5)ncc34)ccc21. The van der Waals surface area contributed by atoms with E-state index in [1.54, 1.807) is 12.3 Å². The van der Waals surface area contributed by atoms with E-state index in [0.717, 1.165) is 16.5 Å². The fraction of sp³-hybridized carbons (Fsp3) is 0.409. The quantitative estimate of drug-likeness (QED) is 0.543. The van der Waals surface area contributed by atoms with Gasteiger partial charge >= 0.3 is 6.36 Å². The first-order valence-corrected chi connectivity index (χ1v) is 10.8. The highest BCUT2D eigenvalue weighted by Crippen LogP contribution is 2.33. The Hall–Kier alpha value is -3.34. The summed E-state index contributed by atoms with van der Waals surface area (Å²) < 4.78 is 47.0. The van der Waals surface area contributed by atoms with Gasteiger partial charge in [0.2, 0.25) is 5.95 Å². The van der Waals surface area contributed by atoms with Gasteiger partial charge in [0.1, 0.15) is 18.0 Å². The van der Waals surface area contributed by atoms with Crippen LogP contribution in [0.4, 0.5) is 19.1 Å². The van der Waals surface area contributed by atoms with Gasteiger partial charge in [0.05, 0.1) is 18.2 Å². The minimum atomic E-state index is -4.60. The van der Waals surface area contributed by atoms with Crippen LogP contribution in [0.3, 0.4) is 0 Å². The maximum Gasteiger partial charge on any atom is 0.522 e. The zero-order valence-corrected chi connectivity index (χ0v) is 17.5. The molecule has 0 spiro atoms. The van der Waals surface area contributed by atoms with Gasteiger partial charge in [0.15, 0.2) is 0 Å². The molecule has 1 fully saturated rings. The number of hydrogen-bond acceptors (Lipinski definition) is 6. The first-order valence-electron chi connectivity index (χ1n) is 10.8. The predicted molar refractivity (Wildman–Crippen MR) is 114 cm³/mol. The van der Waals surface area contributed by atoms with E-state index in [1.165, 1.54) is 0 Å². The second-order valence-electron chi connectivity index (χ2n) is 8.16. The number of nitrogens with zero attached hydrogens (tertiary/aromatic N) is 2. The zero-order chi connectivity index (χ0) is 23.0. The highest BCUT2D eigenvalue weighted by Gasteiger charge is 2.35. The van der Waals surface area contributed by atoms with E-state index in [4.69, 9.17) is 4.74 Å². The van der Waals surface area contributed by atoms with E-state index >= 15 is 0 Å². The summed E-state index contributed by atoms with van der Waals surface area (Å²) in [4.78, 5) is 24.2. The van der Waals surface area contributed by atoms with Crippen LogP contribution in [0.1, 0.15) is 36.0 Å². The third-order valence-electron chi connectivity index (χ3n) is 5.92. The van der Waals surface area contributed by atoms with Gasteiger partial charge in [0, 0.05) is 29.4 Å². The molecule has 174 valence electrons. The Morgan fingerprint density at radius 3 is 2.76 bits per heavy atom. The Kier molecular flexibility index (Phi) is 5.57. The summed E-state index contributed by atoms with van der Waals surface area (Å²) in [5.41, 5.74) is 2.86. The third-order valence-corrected chi connectivity index (χ3v) is 5.92. The number of alkyl halides is 3. The van der Waals surface area contributed by atoms with Crippen LogP contribution in [-0.2, 0) is 4.74 Å². The average Bonchev–Trinajstić information content (AvgIpc) is 3.11. The van der Waals surface area contributed by atoms with Crippen molar-refractivity contribution >= 4 is 22.9 Å². The molecule has 0 saturated heterocycles. The van der Waals surface area contributed by atoms with Crippen LogP contribution >= 0.6 is 0 Å². The summed E-state index contributed by atoms with van der Waals surface area (Å²) in [5, 5.41) is 6.80. The van der Waals surface area contributed by atoms with E-state index in [0.29, 0.717) is 61.7 Å². The molecule has 3 N–H and O–H groups in total. The number of hydrogen-bond donors (Lipinski definition) is 3. The number of aromatic nitrogens is 3. The normalized spacial score (nSPS) is 21.1. The molecule has 5 rings (SSSR count). The number of ether oxygens (including phenoxy) is 2. The summed E-state index contributed by atoms with van der Waals surface area (Å²) in [5.74, 6) is 0.783.